The van der Waals surface area contributed by atoms with Gasteiger partial charge in [0.1, 0.15) is 0 Å². The van der Waals surface area contributed by atoms with E-state index in [1.54, 1.807) is 0 Å². The molecule has 1 aromatic carbocycles. The Kier molecular flexibility index (Phi) is 4.53. The van der Waals surface area contributed by atoms with E-state index in [1.807, 2.05) is 36.0 Å². The first-order valence-corrected chi connectivity index (χ1v) is 7.74. The standard InChI is InChI=1S/C17H22N4O/c1-14-9-19-21(10-14)16-11-20(12-16)13-17(22)18-8-7-15-5-3-2-4-6-15/h2-6,9-10,16H,7-8,11-13H2,1H3,(H,18,22). The topological polar surface area (TPSA) is 50.2 Å². The van der Waals surface area contributed by atoms with Gasteiger partial charge in [-0.1, -0.05) is 30.3 Å². The minimum absolute atomic E-state index is 0.103. The van der Waals surface area contributed by atoms with Crippen molar-refractivity contribution in [3.8, 4) is 0 Å². The van der Waals surface area contributed by atoms with Gasteiger partial charge in [-0.25, -0.2) is 0 Å². The molecule has 5 nitrogen and oxygen atoms in total. The summed E-state index contributed by atoms with van der Waals surface area (Å²) < 4.78 is 2.00. The number of benzene rings is 1. The number of carbonyl (C=O) groups excluding carboxylic acids is 1. The van der Waals surface area contributed by atoms with Crippen LogP contribution in [0.1, 0.15) is 17.2 Å². The van der Waals surface area contributed by atoms with E-state index >= 15 is 0 Å². The zero-order chi connectivity index (χ0) is 15.4. The Bertz CT molecular complexity index is 617. The van der Waals surface area contributed by atoms with Gasteiger partial charge in [-0.3, -0.25) is 14.4 Å². The summed E-state index contributed by atoms with van der Waals surface area (Å²) in [6.45, 7) is 5.00. The maximum atomic E-state index is 11.9. The van der Waals surface area contributed by atoms with Crippen LogP contribution in [-0.4, -0.2) is 46.8 Å². The summed E-state index contributed by atoms with van der Waals surface area (Å²) >= 11 is 0. The number of hydrogen-bond donors (Lipinski definition) is 1. The summed E-state index contributed by atoms with van der Waals surface area (Å²) in [6, 6.07) is 10.6. The van der Waals surface area contributed by atoms with Crippen molar-refractivity contribution in [1.29, 1.82) is 0 Å². The molecule has 1 aromatic heterocycles. The molecule has 0 unspecified atom stereocenters. The zero-order valence-electron chi connectivity index (χ0n) is 12.9. The lowest BCUT2D eigenvalue weighted by Crippen LogP contribution is -2.51. The van der Waals surface area contributed by atoms with E-state index in [9.17, 15) is 4.79 Å². The van der Waals surface area contributed by atoms with Crippen molar-refractivity contribution in [2.45, 2.75) is 19.4 Å². The lowest BCUT2D eigenvalue weighted by molar-refractivity contribution is -0.123. The Morgan fingerprint density at radius 3 is 2.77 bits per heavy atom. The smallest absolute Gasteiger partial charge is 0.234 e. The Balaban J connectivity index is 1.34. The highest BCUT2D eigenvalue weighted by atomic mass is 16.2. The number of nitrogens with one attached hydrogen (secondary N) is 1. The minimum atomic E-state index is 0.103. The molecule has 116 valence electrons. The number of likely N-dealkylation sites (tertiary alicyclic amines) is 1. The summed E-state index contributed by atoms with van der Waals surface area (Å²) in [5, 5.41) is 7.31. The highest BCUT2D eigenvalue weighted by Gasteiger charge is 2.29. The summed E-state index contributed by atoms with van der Waals surface area (Å²) in [5.41, 5.74) is 2.43. The van der Waals surface area contributed by atoms with E-state index < -0.39 is 0 Å². The van der Waals surface area contributed by atoms with Crippen molar-refractivity contribution < 1.29 is 4.79 Å². The molecular formula is C17H22N4O. The third-order valence-corrected chi connectivity index (χ3v) is 3.99. The first-order valence-electron chi connectivity index (χ1n) is 7.74. The number of aromatic nitrogens is 2. The second-order valence-electron chi connectivity index (χ2n) is 5.93. The molecule has 1 N–H and O–H groups in total. The van der Waals surface area contributed by atoms with Crippen molar-refractivity contribution in [2.75, 3.05) is 26.2 Å². The average Bonchev–Trinajstić information content (AvgIpc) is 2.89. The summed E-state index contributed by atoms with van der Waals surface area (Å²) in [7, 11) is 0. The van der Waals surface area contributed by atoms with Crippen LogP contribution in [0.3, 0.4) is 0 Å². The number of nitrogens with zero attached hydrogens (tertiary/aromatic N) is 3. The Hall–Kier alpha value is -2.14. The molecule has 0 aliphatic carbocycles. The van der Waals surface area contributed by atoms with Gasteiger partial charge in [0.05, 0.1) is 18.8 Å². The second-order valence-corrected chi connectivity index (χ2v) is 5.93. The fraction of sp³-hybridized carbons (Fsp3) is 0.412. The van der Waals surface area contributed by atoms with Gasteiger partial charge < -0.3 is 5.32 Å². The van der Waals surface area contributed by atoms with Gasteiger partial charge in [-0.05, 0) is 24.5 Å². The van der Waals surface area contributed by atoms with Gasteiger partial charge in [0.15, 0.2) is 0 Å². The first kappa shape index (κ1) is 14.8. The molecule has 1 amide bonds. The van der Waals surface area contributed by atoms with Gasteiger partial charge in [0.25, 0.3) is 0 Å². The number of carbonyl (C=O) groups is 1. The van der Waals surface area contributed by atoms with E-state index in [1.165, 1.54) is 11.1 Å². The molecule has 2 aromatic rings. The third-order valence-electron chi connectivity index (χ3n) is 3.99. The molecule has 1 saturated heterocycles. The summed E-state index contributed by atoms with van der Waals surface area (Å²) in [4.78, 5) is 14.1. The Morgan fingerprint density at radius 1 is 1.32 bits per heavy atom. The highest BCUT2D eigenvalue weighted by Crippen LogP contribution is 2.19. The van der Waals surface area contributed by atoms with Crippen LogP contribution in [0.4, 0.5) is 0 Å². The number of amides is 1. The van der Waals surface area contributed by atoms with Gasteiger partial charge in [0.2, 0.25) is 5.91 Å². The maximum Gasteiger partial charge on any atom is 0.234 e. The maximum absolute atomic E-state index is 11.9. The summed E-state index contributed by atoms with van der Waals surface area (Å²) in [5.74, 6) is 0.103. The quantitative estimate of drug-likeness (QED) is 0.877. The third kappa shape index (κ3) is 3.74. The lowest BCUT2D eigenvalue weighted by Gasteiger charge is -2.38. The Morgan fingerprint density at radius 2 is 2.09 bits per heavy atom. The van der Waals surface area contributed by atoms with Crippen LogP contribution in [0.5, 0.6) is 0 Å². The van der Waals surface area contributed by atoms with E-state index in [0.717, 1.165) is 19.5 Å². The molecule has 0 atom stereocenters. The van der Waals surface area contributed by atoms with Crippen molar-refractivity contribution in [2.24, 2.45) is 0 Å². The minimum Gasteiger partial charge on any atom is -0.355 e. The molecule has 3 rings (SSSR count). The molecule has 0 spiro atoms. The molecule has 0 saturated carbocycles. The van der Waals surface area contributed by atoms with Gasteiger partial charge in [0, 0.05) is 25.8 Å². The SMILES string of the molecule is Cc1cnn(C2CN(CC(=O)NCCc3ccccc3)C2)c1. The van der Waals surface area contributed by atoms with E-state index in [4.69, 9.17) is 0 Å². The Labute approximate surface area is 130 Å². The average molecular weight is 298 g/mol. The molecule has 1 fully saturated rings. The van der Waals surface area contributed by atoms with Crippen LogP contribution in [0.2, 0.25) is 0 Å². The van der Waals surface area contributed by atoms with Crippen molar-refractivity contribution >= 4 is 5.91 Å². The molecule has 22 heavy (non-hydrogen) atoms. The fourth-order valence-corrected chi connectivity index (χ4v) is 2.72. The van der Waals surface area contributed by atoms with Gasteiger partial charge >= 0.3 is 0 Å². The first-order chi connectivity index (χ1) is 10.7. The monoisotopic (exact) mass is 298 g/mol. The van der Waals surface area contributed by atoms with E-state index in [0.29, 0.717) is 19.1 Å². The van der Waals surface area contributed by atoms with Gasteiger partial charge in [-0.2, -0.15) is 5.10 Å². The van der Waals surface area contributed by atoms with Crippen molar-refractivity contribution in [3.63, 3.8) is 0 Å². The van der Waals surface area contributed by atoms with Crippen LogP contribution in [0.15, 0.2) is 42.7 Å². The molecule has 0 radical (unpaired) electrons. The van der Waals surface area contributed by atoms with E-state index in [-0.39, 0.29) is 5.91 Å². The molecule has 2 heterocycles. The summed E-state index contributed by atoms with van der Waals surface area (Å²) in [6.07, 6.45) is 4.81. The largest absolute Gasteiger partial charge is 0.355 e. The number of aryl methyl sites for hydroxylation is 1. The van der Waals surface area contributed by atoms with Crippen LogP contribution < -0.4 is 5.32 Å². The van der Waals surface area contributed by atoms with Crippen LogP contribution in [0.25, 0.3) is 0 Å². The van der Waals surface area contributed by atoms with Crippen LogP contribution in [-0.2, 0) is 11.2 Å². The normalized spacial score (nSPS) is 15.5. The zero-order valence-corrected chi connectivity index (χ0v) is 12.9. The molecular weight excluding hydrogens is 276 g/mol. The second kappa shape index (κ2) is 6.75. The van der Waals surface area contributed by atoms with Crippen molar-refractivity contribution in [3.05, 3.63) is 53.9 Å². The van der Waals surface area contributed by atoms with Crippen molar-refractivity contribution in [1.82, 2.24) is 20.0 Å². The number of hydrogen-bond acceptors (Lipinski definition) is 3. The van der Waals surface area contributed by atoms with Crippen LogP contribution >= 0.6 is 0 Å². The fourth-order valence-electron chi connectivity index (χ4n) is 2.72. The van der Waals surface area contributed by atoms with Gasteiger partial charge in [-0.15, -0.1) is 0 Å². The highest BCUT2D eigenvalue weighted by molar-refractivity contribution is 5.78. The number of rotatable bonds is 6. The molecule has 5 heteroatoms. The van der Waals surface area contributed by atoms with E-state index in [2.05, 4.69) is 33.6 Å². The molecule has 1 aliphatic rings. The molecule has 1 aliphatic heterocycles. The molecule has 0 bridgehead atoms. The lowest BCUT2D eigenvalue weighted by atomic mass is 10.1. The van der Waals surface area contributed by atoms with Crippen LogP contribution in [0, 0.1) is 6.92 Å². The predicted molar refractivity (Wildman–Crippen MR) is 85.6 cm³/mol. The predicted octanol–water partition coefficient (Wildman–Crippen LogP) is 1.41.